The van der Waals surface area contributed by atoms with Crippen LogP contribution in [-0.4, -0.2) is 88.0 Å². The summed E-state index contributed by atoms with van der Waals surface area (Å²) >= 11 is 0. The maximum Gasteiger partial charge on any atom is 0.193 e. The van der Waals surface area contributed by atoms with Crippen LogP contribution < -0.4 is 5.32 Å². The number of likely N-dealkylation sites (N-methyl/N-ethyl adjacent to an activating group) is 1. The molecule has 1 rings (SSSR count). The third-order valence-electron chi connectivity index (χ3n) is 4.75. The fraction of sp³-hybridized carbons (Fsp3) is 0.944. The van der Waals surface area contributed by atoms with Gasteiger partial charge in [0.1, 0.15) is 0 Å². The van der Waals surface area contributed by atoms with E-state index in [0.717, 1.165) is 64.6 Å². The first-order valence-electron chi connectivity index (χ1n) is 9.22. The minimum atomic E-state index is 0.0590. The van der Waals surface area contributed by atoms with Gasteiger partial charge in [0, 0.05) is 45.5 Å². The lowest BCUT2D eigenvalue weighted by Gasteiger charge is -2.35. The monoisotopic (exact) mass is 342 g/mol. The minimum absolute atomic E-state index is 0.0590. The third-order valence-corrected chi connectivity index (χ3v) is 4.75. The molecule has 24 heavy (non-hydrogen) atoms. The highest BCUT2D eigenvalue weighted by atomic mass is 16.5. The first-order chi connectivity index (χ1) is 11.4. The Balaban J connectivity index is 2.47. The summed E-state index contributed by atoms with van der Waals surface area (Å²) in [7, 11) is 5.95. The molecule has 0 aromatic rings. The average Bonchev–Trinajstić information content (AvgIpc) is 2.56. The number of nitrogens with one attached hydrogen (secondary N) is 1. The van der Waals surface area contributed by atoms with Crippen molar-refractivity contribution in [1.82, 2.24) is 15.1 Å². The van der Waals surface area contributed by atoms with Crippen molar-refractivity contribution in [3.05, 3.63) is 0 Å². The van der Waals surface area contributed by atoms with Crippen molar-refractivity contribution >= 4 is 5.96 Å². The highest BCUT2D eigenvalue weighted by Crippen LogP contribution is 2.15. The van der Waals surface area contributed by atoms with E-state index in [9.17, 15) is 0 Å². The van der Waals surface area contributed by atoms with Crippen LogP contribution >= 0.6 is 0 Å². The van der Waals surface area contributed by atoms with Crippen LogP contribution in [0.2, 0.25) is 0 Å². The summed E-state index contributed by atoms with van der Waals surface area (Å²) in [6, 6.07) is 0. The molecule has 0 amide bonds. The summed E-state index contributed by atoms with van der Waals surface area (Å²) in [4.78, 5) is 9.46. The van der Waals surface area contributed by atoms with E-state index < -0.39 is 0 Å². The van der Waals surface area contributed by atoms with Crippen LogP contribution in [0.3, 0.4) is 0 Å². The molecule has 1 aliphatic rings. The van der Waals surface area contributed by atoms with Gasteiger partial charge in [0.25, 0.3) is 0 Å². The number of ether oxygens (including phenoxy) is 2. The zero-order chi connectivity index (χ0) is 18.0. The van der Waals surface area contributed by atoms with E-state index in [1.165, 1.54) is 0 Å². The Hall–Kier alpha value is -0.850. The molecule has 0 bridgehead atoms. The summed E-state index contributed by atoms with van der Waals surface area (Å²) in [6.45, 7) is 11.8. The first kappa shape index (κ1) is 21.2. The largest absolute Gasteiger partial charge is 0.385 e. The number of hydrogen-bond donors (Lipinski definition) is 1. The topological polar surface area (TPSA) is 49.3 Å². The van der Waals surface area contributed by atoms with Crippen LogP contribution in [0.5, 0.6) is 0 Å². The maximum atomic E-state index is 5.95. The lowest BCUT2D eigenvalue weighted by molar-refractivity contribution is 0.00986. The second-order valence-electron chi connectivity index (χ2n) is 7.28. The fourth-order valence-corrected chi connectivity index (χ4v) is 2.52. The molecule has 0 spiro atoms. The Morgan fingerprint density at radius 2 is 1.92 bits per heavy atom. The molecule has 0 aliphatic carbocycles. The van der Waals surface area contributed by atoms with Gasteiger partial charge in [-0.1, -0.05) is 0 Å². The summed E-state index contributed by atoms with van der Waals surface area (Å²) in [5.41, 5.74) is 0.0590. The van der Waals surface area contributed by atoms with Gasteiger partial charge in [-0.15, -0.1) is 0 Å². The van der Waals surface area contributed by atoms with E-state index in [0.29, 0.717) is 6.10 Å². The van der Waals surface area contributed by atoms with E-state index >= 15 is 0 Å². The molecule has 1 aliphatic heterocycles. The summed E-state index contributed by atoms with van der Waals surface area (Å²) < 4.78 is 11.0. The van der Waals surface area contributed by atoms with E-state index in [-0.39, 0.29) is 5.54 Å². The molecule has 1 saturated heterocycles. The van der Waals surface area contributed by atoms with Gasteiger partial charge in [0.2, 0.25) is 0 Å². The average molecular weight is 343 g/mol. The Morgan fingerprint density at radius 3 is 2.46 bits per heavy atom. The van der Waals surface area contributed by atoms with Gasteiger partial charge >= 0.3 is 0 Å². The Kier molecular flexibility index (Phi) is 9.63. The summed E-state index contributed by atoms with van der Waals surface area (Å²) in [6.07, 6.45) is 3.47. The van der Waals surface area contributed by atoms with Gasteiger partial charge in [-0.2, -0.15) is 0 Å². The lowest BCUT2D eigenvalue weighted by atomic mass is 10.1. The summed E-state index contributed by atoms with van der Waals surface area (Å²) in [5, 5.41) is 3.44. The van der Waals surface area contributed by atoms with Crippen LogP contribution in [0.25, 0.3) is 0 Å². The van der Waals surface area contributed by atoms with Crippen LogP contribution in [0.4, 0.5) is 0 Å². The fourth-order valence-electron chi connectivity index (χ4n) is 2.52. The van der Waals surface area contributed by atoms with Crippen LogP contribution in [0, 0.1) is 0 Å². The van der Waals surface area contributed by atoms with Crippen molar-refractivity contribution in [3.8, 4) is 0 Å². The molecule has 0 atom stereocenters. The number of rotatable bonds is 9. The van der Waals surface area contributed by atoms with E-state index in [1.807, 2.05) is 0 Å². The molecule has 1 heterocycles. The van der Waals surface area contributed by atoms with Crippen molar-refractivity contribution in [2.45, 2.75) is 51.7 Å². The Labute approximate surface area is 148 Å². The van der Waals surface area contributed by atoms with E-state index in [2.05, 4.69) is 50.0 Å². The van der Waals surface area contributed by atoms with Crippen molar-refractivity contribution < 1.29 is 9.47 Å². The van der Waals surface area contributed by atoms with Gasteiger partial charge in [-0.3, -0.25) is 4.99 Å². The van der Waals surface area contributed by atoms with Crippen molar-refractivity contribution in [3.63, 3.8) is 0 Å². The molecular formula is C18H38N4O2. The smallest absolute Gasteiger partial charge is 0.193 e. The predicted octanol–water partition coefficient (Wildman–Crippen LogP) is 1.81. The highest BCUT2D eigenvalue weighted by Gasteiger charge is 2.24. The van der Waals surface area contributed by atoms with Crippen LogP contribution in [0.1, 0.15) is 40.0 Å². The predicted molar refractivity (Wildman–Crippen MR) is 101 cm³/mol. The standard InChI is InChI=1S/C18H38N4O2/c1-7-19-17(20-15-18(2,3)21(4)5)22-11-9-16(10-12-22)24-14-8-13-23-6/h16H,7-15H2,1-6H3,(H,19,20). The van der Waals surface area contributed by atoms with Crippen molar-refractivity contribution in [2.24, 2.45) is 4.99 Å². The lowest BCUT2D eigenvalue weighted by Crippen LogP contribution is -2.48. The minimum Gasteiger partial charge on any atom is -0.385 e. The van der Waals surface area contributed by atoms with Gasteiger partial charge in [-0.05, 0) is 54.1 Å². The zero-order valence-corrected chi connectivity index (χ0v) is 16.6. The molecule has 0 aromatic heterocycles. The number of hydrogen-bond acceptors (Lipinski definition) is 4. The first-order valence-corrected chi connectivity index (χ1v) is 9.22. The molecule has 0 saturated carbocycles. The maximum absolute atomic E-state index is 5.95. The third kappa shape index (κ3) is 7.36. The summed E-state index contributed by atoms with van der Waals surface area (Å²) in [5.74, 6) is 1.03. The van der Waals surface area contributed by atoms with Gasteiger partial charge < -0.3 is 24.6 Å². The highest BCUT2D eigenvalue weighted by molar-refractivity contribution is 5.80. The molecular weight excluding hydrogens is 304 g/mol. The molecule has 1 N–H and O–H groups in total. The molecule has 142 valence electrons. The molecule has 0 aromatic carbocycles. The number of aliphatic imine (C=N–C) groups is 1. The van der Waals surface area contributed by atoms with E-state index in [4.69, 9.17) is 14.5 Å². The normalized spacial score (nSPS) is 17.6. The number of guanidine groups is 1. The number of methoxy groups -OCH3 is 1. The van der Waals surface area contributed by atoms with Crippen LogP contribution in [0.15, 0.2) is 4.99 Å². The van der Waals surface area contributed by atoms with Crippen molar-refractivity contribution in [2.75, 3.05) is 60.6 Å². The van der Waals surface area contributed by atoms with E-state index in [1.54, 1.807) is 7.11 Å². The van der Waals surface area contributed by atoms with Gasteiger partial charge in [0.05, 0.1) is 12.6 Å². The van der Waals surface area contributed by atoms with Gasteiger partial charge in [-0.25, -0.2) is 0 Å². The van der Waals surface area contributed by atoms with Crippen molar-refractivity contribution in [1.29, 1.82) is 0 Å². The molecule has 0 radical (unpaired) electrons. The number of piperidine rings is 1. The second kappa shape index (κ2) is 10.9. The Morgan fingerprint density at radius 1 is 1.25 bits per heavy atom. The molecule has 0 unspecified atom stereocenters. The molecule has 6 nitrogen and oxygen atoms in total. The quantitative estimate of drug-likeness (QED) is 0.393. The van der Waals surface area contributed by atoms with Crippen LogP contribution in [-0.2, 0) is 9.47 Å². The number of likely N-dealkylation sites (tertiary alicyclic amines) is 1. The Bertz CT molecular complexity index is 364. The van der Waals surface area contributed by atoms with Gasteiger partial charge in [0.15, 0.2) is 5.96 Å². The second-order valence-corrected chi connectivity index (χ2v) is 7.28. The molecule has 6 heteroatoms. The number of nitrogens with zero attached hydrogens (tertiary/aromatic N) is 3. The molecule has 1 fully saturated rings. The SMILES string of the molecule is CCNC(=NCC(C)(C)N(C)C)N1CCC(OCCCOC)CC1. The zero-order valence-electron chi connectivity index (χ0n) is 16.6.